The van der Waals surface area contributed by atoms with E-state index in [0.717, 1.165) is 5.56 Å². The smallest absolute Gasteiger partial charge is 0.247 e. The van der Waals surface area contributed by atoms with Gasteiger partial charge in [0.15, 0.2) is 5.78 Å². The molecule has 1 fully saturated rings. The van der Waals surface area contributed by atoms with Gasteiger partial charge in [-0.3, -0.25) is 14.4 Å². The van der Waals surface area contributed by atoms with Crippen molar-refractivity contribution in [1.82, 2.24) is 10.2 Å². The lowest BCUT2D eigenvalue weighted by Gasteiger charge is -2.44. The summed E-state index contributed by atoms with van der Waals surface area (Å²) in [5.41, 5.74) is 5.79. The highest BCUT2D eigenvalue weighted by atomic mass is 35.5. The minimum atomic E-state index is -1.13. The Hall–Kier alpha value is -2.94. The van der Waals surface area contributed by atoms with E-state index in [9.17, 15) is 14.4 Å². The van der Waals surface area contributed by atoms with Crippen LogP contribution in [0, 0.1) is 0 Å². The third kappa shape index (κ3) is 6.43. The van der Waals surface area contributed by atoms with Crippen LogP contribution in [0.1, 0.15) is 49.0 Å². The van der Waals surface area contributed by atoms with Crippen LogP contribution in [0.15, 0.2) is 54.6 Å². The molecular weight excluding hydrogens is 482 g/mol. The molecule has 0 saturated carbocycles. The molecule has 8 nitrogen and oxygen atoms in total. The van der Waals surface area contributed by atoms with Gasteiger partial charge >= 0.3 is 0 Å². The number of nitrogens with two attached hydrogens (primary N) is 1. The maximum absolute atomic E-state index is 13.4. The Labute approximate surface area is 217 Å². The molecule has 36 heavy (non-hydrogen) atoms. The van der Waals surface area contributed by atoms with Crippen LogP contribution in [0.3, 0.4) is 0 Å². The van der Waals surface area contributed by atoms with E-state index >= 15 is 0 Å². The normalized spacial score (nSPS) is 17.4. The van der Waals surface area contributed by atoms with E-state index in [1.54, 1.807) is 24.8 Å². The summed E-state index contributed by atoms with van der Waals surface area (Å²) in [6.45, 7) is 4.38. The van der Waals surface area contributed by atoms with Crippen molar-refractivity contribution >= 4 is 30.0 Å². The third-order valence-electron chi connectivity index (χ3n) is 6.57. The molecule has 4 rings (SSSR count). The zero-order valence-corrected chi connectivity index (χ0v) is 21.5. The Kier molecular flexibility index (Phi) is 8.76. The number of benzene rings is 2. The molecule has 3 N–H and O–H groups in total. The van der Waals surface area contributed by atoms with E-state index in [2.05, 4.69) is 5.32 Å². The Bertz CT molecular complexity index is 1080. The lowest BCUT2D eigenvalue weighted by Crippen LogP contribution is -2.60. The third-order valence-corrected chi connectivity index (χ3v) is 6.57. The fourth-order valence-electron chi connectivity index (χ4n) is 4.46. The van der Waals surface area contributed by atoms with Crippen LogP contribution in [0.2, 0.25) is 0 Å². The highest BCUT2D eigenvalue weighted by Gasteiger charge is 2.44. The zero-order valence-electron chi connectivity index (χ0n) is 20.7. The van der Waals surface area contributed by atoms with Gasteiger partial charge in [-0.2, -0.15) is 0 Å². The number of fused-ring (bicyclic) bond motifs is 1. The monoisotopic (exact) mass is 515 g/mol. The molecule has 9 heteroatoms. The summed E-state index contributed by atoms with van der Waals surface area (Å²) in [6.07, 6.45) is 1.37. The highest BCUT2D eigenvalue weighted by molar-refractivity contribution is 6.00. The van der Waals surface area contributed by atoms with Crippen molar-refractivity contribution in [2.24, 2.45) is 5.73 Å². The van der Waals surface area contributed by atoms with Gasteiger partial charge in [0.2, 0.25) is 11.8 Å². The van der Waals surface area contributed by atoms with Crippen LogP contribution >= 0.6 is 12.4 Å². The fourth-order valence-corrected chi connectivity index (χ4v) is 4.46. The van der Waals surface area contributed by atoms with Gasteiger partial charge in [0, 0.05) is 25.9 Å². The van der Waals surface area contributed by atoms with E-state index in [-0.39, 0.29) is 30.7 Å². The molecule has 1 atom stereocenters. The maximum atomic E-state index is 13.4. The number of ketones is 1. The molecule has 0 aromatic heterocycles. The van der Waals surface area contributed by atoms with E-state index in [0.29, 0.717) is 50.3 Å². The van der Waals surface area contributed by atoms with Crippen molar-refractivity contribution in [1.29, 1.82) is 0 Å². The maximum Gasteiger partial charge on any atom is 0.247 e. The summed E-state index contributed by atoms with van der Waals surface area (Å²) in [4.78, 5) is 40.4. The average Bonchev–Trinajstić information content (AvgIpc) is 2.83. The number of ether oxygens (including phenoxy) is 2. The number of piperidine rings is 1. The van der Waals surface area contributed by atoms with Gasteiger partial charge in [-0.25, -0.2) is 0 Å². The highest BCUT2D eigenvalue weighted by Crippen LogP contribution is 2.39. The molecule has 2 amide bonds. The molecule has 0 bridgehead atoms. The van der Waals surface area contributed by atoms with Crippen LogP contribution in [0.5, 0.6) is 5.75 Å². The molecule has 1 spiro atoms. The molecule has 2 aliphatic rings. The van der Waals surface area contributed by atoms with Crippen molar-refractivity contribution in [3.63, 3.8) is 0 Å². The zero-order chi connectivity index (χ0) is 25.1. The van der Waals surface area contributed by atoms with E-state index in [1.165, 1.54) is 0 Å². The lowest BCUT2D eigenvalue weighted by atomic mass is 9.82. The first-order chi connectivity index (χ1) is 16.7. The summed E-state index contributed by atoms with van der Waals surface area (Å²) in [7, 11) is 0. The number of hydrogen-bond donors (Lipinski definition) is 2. The quantitative estimate of drug-likeness (QED) is 0.586. The van der Waals surface area contributed by atoms with Gasteiger partial charge < -0.3 is 25.4 Å². The van der Waals surface area contributed by atoms with Gasteiger partial charge in [-0.15, -0.1) is 12.4 Å². The number of nitrogens with one attached hydrogen (secondary N) is 1. The van der Waals surface area contributed by atoms with Crippen molar-refractivity contribution < 1.29 is 23.9 Å². The van der Waals surface area contributed by atoms with Crippen molar-refractivity contribution in [2.75, 3.05) is 19.7 Å². The van der Waals surface area contributed by atoms with Gasteiger partial charge in [-0.05, 0) is 31.5 Å². The largest absolute Gasteiger partial charge is 0.486 e. The summed E-state index contributed by atoms with van der Waals surface area (Å²) >= 11 is 0. The van der Waals surface area contributed by atoms with Crippen LogP contribution in [-0.4, -0.2) is 59.4 Å². The van der Waals surface area contributed by atoms with Crippen LogP contribution < -0.4 is 15.8 Å². The van der Waals surface area contributed by atoms with Gasteiger partial charge in [0.1, 0.15) is 17.4 Å². The minimum absolute atomic E-state index is 0. The van der Waals surface area contributed by atoms with Gasteiger partial charge in [0.05, 0.1) is 30.7 Å². The fraction of sp³-hybridized carbons (Fsp3) is 0.444. The molecule has 0 radical (unpaired) electrons. The predicted molar refractivity (Wildman–Crippen MR) is 138 cm³/mol. The molecule has 2 heterocycles. The van der Waals surface area contributed by atoms with Crippen molar-refractivity contribution in [3.8, 4) is 5.75 Å². The Morgan fingerprint density at radius 1 is 1.11 bits per heavy atom. The van der Waals surface area contributed by atoms with Crippen LogP contribution in [0.25, 0.3) is 0 Å². The number of amides is 2. The number of hydrogen-bond acceptors (Lipinski definition) is 6. The summed E-state index contributed by atoms with van der Waals surface area (Å²) in [5.74, 6) is 0.0166. The topological polar surface area (TPSA) is 111 Å². The molecule has 1 saturated heterocycles. The number of rotatable bonds is 7. The molecular formula is C27H34ClN3O5. The Morgan fingerprint density at radius 2 is 1.75 bits per heavy atom. The molecule has 0 aliphatic carbocycles. The second-order valence-electron chi connectivity index (χ2n) is 9.95. The lowest BCUT2D eigenvalue weighted by molar-refractivity contribution is -0.142. The number of carbonyl (C=O) groups is 3. The second-order valence-corrected chi connectivity index (χ2v) is 9.95. The van der Waals surface area contributed by atoms with E-state index < -0.39 is 23.1 Å². The summed E-state index contributed by atoms with van der Waals surface area (Å²) in [6, 6.07) is 16.0. The molecule has 0 unspecified atom stereocenters. The van der Waals surface area contributed by atoms with Crippen molar-refractivity contribution in [2.45, 2.75) is 56.9 Å². The Balaban J connectivity index is 0.00000361. The Morgan fingerprint density at radius 3 is 2.42 bits per heavy atom. The minimum Gasteiger partial charge on any atom is -0.486 e. The first-order valence-electron chi connectivity index (χ1n) is 12.0. The van der Waals surface area contributed by atoms with Gasteiger partial charge in [-0.1, -0.05) is 42.5 Å². The molecule has 2 aromatic carbocycles. The van der Waals surface area contributed by atoms with Crippen molar-refractivity contribution in [3.05, 3.63) is 65.7 Å². The SMILES string of the molecule is CC(C)(N)C(=O)N[C@H](COCc1ccccc1)C(=O)N1CCC2(CC1)CC(=O)c1ccccc1O2.Cl. The van der Waals surface area contributed by atoms with E-state index in [1.807, 2.05) is 48.5 Å². The van der Waals surface area contributed by atoms with Crippen LogP contribution in [-0.2, 0) is 20.9 Å². The first kappa shape index (κ1) is 27.6. The summed E-state index contributed by atoms with van der Waals surface area (Å²) in [5, 5.41) is 2.77. The number of likely N-dealkylation sites (tertiary alicyclic amines) is 1. The standard InChI is InChI=1S/C27H33N3O5.ClH/c1-26(2,28)25(33)29-21(18-34-17-19-8-4-3-5-9-19)24(32)30-14-12-27(13-15-30)16-22(31)20-10-6-7-11-23(20)35-27;/h3-11,21H,12-18,28H2,1-2H3,(H,29,33);1H/t21-;/m1./s1. The molecule has 2 aromatic rings. The molecule has 194 valence electrons. The average molecular weight is 516 g/mol. The molecule has 2 aliphatic heterocycles. The first-order valence-corrected chi connectivity index (χ1v) is 12.0. The number of para-hydroxylation sites is 1. The number of halogens is 1. The number of Topliss-reactive ketones (excluding diaryl/α,β-unsaturated/α-hetero) is 1. The summed E-state index contributed by atoms with van der Waals surface area (Å²) < 4.78 is 12.1. The van der Waals surface area contributed by atoms with Gasteiger partial charge in [0.25, 0.3) is 0 Å². The predicted octanol–water partition coefficient (Wildman–Crippen LogP) is 2.87. The number of nitrogens with zero attached hydrogens (tertiary/aromatic N) is 1. The second kappa shape index (κ2) is 11.4. The number of carbonyl (C=O) groups excluding carboxylic acids is 3. The van der Waals surface area contributed by atoms with Crippen LogP contribution in [0.4, 0.5) is 0 Å². The van der Waals surface area contributed by atoms with E-state index in [4.69, 9.17) is 15.2 Å².